The van der Waals surface area contributed by atoms with Crippen LogP contribution in [0.4, 0.5) is 4.39 Å². The number of hydrogen-bond donors (Lipinski definition) is 1. The highest BCUT2D eigenvalue weighted by atomic mass is 19.1. The Morgan fingerprint density at radius 2 is 2.12 bits per heavy atom. The number of esters is 1. The Labute approximate surface area is 96.5 Å². The third-order valence-corrected chi connectivity index (χ3v) is 1.91. The van der Waals surface area contributed by atoms with E-state index < -0.39 is 23.2 Å². The lowest BCUT2D eigenvalue weighted by molar-refractivity contribution is -0.138. The van der Waals surface area contributed by atoms with Crippen LogP contribution in [0.15, 0.2) is 35.1 Å². The summed E-state index contributed by atoms with van der Waals surface area (Å²) in [6.45, 7) is 1.54. The highest BCUT2D eigenvalue weighted by Crippen LogP contribution is 2.20. The Balaban J connectivity index is 3.22. The van der Waals surface area contributed by atoms with Crippen LogP contribution in [0, 0.1) is 10.7 Å². The molecule has 0 aliphatic carbocycles. The summed E-state index contributed by atoms with van der Waals surface area (Å²) in [7, 11) is 0. The average molecular weight is 239 g/mol. The largest absolute Gasteiger partial charge is 0.505 e. The highest BCUT2D eigenvalue weighted by molar-refractivity contribution is 5.95. The van der Waals surface area contributed by atoms with E-state index in [1.165, 1.54) is 25.1 Å². The summed E-state index contributed by atoms with van der Waals surface area (Å²) in [6.07, 6.45) is 0. The quantitative estimate of drug-likeness (QED) is 0.379. The Bertz CT molecular complexity index is 470. The second kappa shape index (κ2) is 5.74. The minimum atomic E-state index is -1.09. The molecule has 0 fully saturated rings. The maximum atomic E-state index is 13.3. The van der Waals surface area contributed by atoms with Crippen LogP contribution >= 0.6 is 0 Å². The fraction of sp³-hybridized carbons (Fsp3) is 0.182. The van der Waals surface area contributed by atoms with Crippen LogP contribution in [-0.4, -0.2) is 17.7 Å². The molecule has 1 aromatic rings. The molecule has 6 heteroatoms. The van der Waals surface area contributed by atoms with Crippen LogP contribution in [-0.2, 0) is 9.53 Å². The molecule has 0 spiro atoms. The molecule has 1 rings (SSSR count). The van der Waals surface area contributed by atoms with E-state index in [0.29, 0.717) is 0 Å². The molecule has 0 unspecified atom stereocenters. The molecule has 0 saturated heterocycles. The Morgan fingerprint density at radius 1 is 1.47 bits per heavy atom. The molecule has 1 aromatic carbocycles. The smallest absolute Gasteiger partial charge is 0.364 e. The van der Waals surface area contributed by atoms with Crippen molar-refractivity contribution in [1.82, 2.24) is 0 Å². The molecule has 1 N–H and O–H groups in total. The van der Waals surface area contributed by atoms with Gasteiger partial charge in [0.05, 0.1) is 12.2 Å². The average Bonchev–Trinajstić information content (AvgIpc) is 2.30. The summed E-state index contributed by atoms with van der Waals surface area (Å²) >= 11 is 0. The SMILES string of the molecule is CCOC(=O)/C(N=O)=C(\O)c1ccccc1F. The summed E-state index contributed by atoms with van der Waals surface area (Å²) in [6, 6.07) is 5.15. The number of halogens is 1. The molecule has 0 amide bonds. The van der Waals surface area contributed by atoms with Gasteiger partial charge in [0, 0.05) is 0 Å². The van der Waals surface area contributed by atoms with Gasteiger partial charge in [-0.3, -0.25) is 0 Å². The Morgan fingerprint density at radius 3 is 2.65 bits per heavy atom. The van der Waals surface area contributed by atoms with Crippen molar-refractivity contribution >= 4 is 11.7 Å². The van der Waals surface area contributed by atoms with Crippen molar-refractivity contribution in [3.8, 4) is 0 Å². The standard InChI is InChI=1S/C11H10FNO4/c1-2-17-11(15)9(13-16)10(14)7-5-3-4-6-8(7)12/h3-6,14H,2H2,1H3/b10-9+. The third kappa shape index (κ3) is 2.87. The normalized spacial score (nSPS) is 11.6. The lowest BCUT2D eigenvalue weighted by Gasteiger charge is -2.04. The molecule has 0 aromatic heterocycles. The van der Waals surface area contributed by atoms with Crippen molar-refractivity contribution in [1.29, 1.82) is 0 Å². The summed E-state index contributed by atoms with van der Waals surface area (Å²) in [5.74, 6) is -2.70. The van der Waals surface area contributed by atoms with Crippen LogP contribution in [0.25, 0.3) is 5.76 Å². The zero-order valence-electron chi connectivity index (χ0n) is 9.01. The van der Waals surface area contributed by atoms with Gasteiger partial charge in [-0.2, -0.15) is 0 Å². The van der Waals surface area contributed by atoms with Gasteiger partial charge in [0.1, 0.15) is 5.82 Å². The molecular weight excluding hydrogens is 229 g/mol. The minimum Gasteiger partial charge on any atom is -0.505 e. The van der Waals surface area contributed by atoms with E-state index in [1.807, 2.05) is 0 Å². The molecule has 5 nitrogen and oxygen atoms in total. The van der Waals surface area contributed by atoms with Gasteiger partial charge in [-0.15, -0.1) is 4.91 Å². The fourth-order valence-electron chi connectivity index (χ4n) is 1.16. The minimum absolute atomic E-state index is 0.0163. The van der Waals surface area contributed by atoms with E-state index in [4.69, 9.17) is 0 Å². The van der Waals surface area contributed by atoms with Gasteiger partial charge in [-0.25, -0.2) is 9.18 Å². The number of carbonyl (C=O) groups excluding carboxylic acids is 1. The number of aliphatic hydroxyl groups excluding tert-OH is 1. The topological polar surface area (TPSA) is 76.0 Å². The van der Waals surface area contributed by atoms with Crippen LogP contribution in [0.1, 0.15) is 12.5 Å². The van der Waals surface area contributed by atoms with Gasteiger partial charge in [0.2, 0.25) is 5.70 Å². The van der Waals surface area contributed by atoms with Gasteiger partial charge < -0.3 is 9.84 Å². The molecular formula is C11H10FNO4. The first-order valence-electron chi connectivity index (χ1n) is 4.80. The van der Waals surface area contributed by atoms with E-state index in [0.717, 1.165) is 6.07 Å². The number of ether oxygens (including phenoxy) is 1. The van der Waals surface area contributed by atoms with Crippen molar-refractivity contribution in [3.63, 3.8) is 0 Å². The summed E-state index contributed by atoms with van der Waals surface area (Å²) in [5.41, 5.74) is -1.13. The second-order valence-corrected chi connectivity index (χ2v) is 2.99. The summed E-state index contributed by atoms with van der Waals surface area (Å²) in [4.78, 5) is 21.7. The lowest BCUT2D eigenvalue weighted by Crippen LogP contribution is -2.08. The number of nitroso groups, excluding NO2 is 1. The Hall–Kier alpha value is -2.24. The molecule has 90 valence electrons. The third-order valence-electron chi connectivity index (χ3n) is 1.91. The molecule has 0 heterocycles. The number of hydrogen-bond acceptors (Lipinski definition) is 5. The van der Waals surface area contributed by atoms with Crippen LogP contribution in [0.3, 0.4) is 0 Å². The second-order valence-electron chi connectivity index (χ2n) is 2.99. The van der Waals surface area contributed by atoms with Crippen molar-refractivity contribution < 1.29 is 19.0 Å². The maximum absolute atomic E-state index is 13.3. The fourth-order valence-corrected chi connectivity index (χ4v) is 1.16. The molecule has 0 aliphatic heterocycles. The zero-order valence-corrected chi connectivity index (χ0v) is 9.01. The summed E-state index contributed by atoms with van der Waals surface area (Å²) < 4.78 is 17.8. The Kier molecular flexibility index (Phi) is 4.33. The van der Waals surface area contributed by atoms with Crippen molar-refractivity contribution in [2.75, 3.05) is 6.61 Å². The van der Waals surface area contributed by atoms with Gasteiger partial charge in [0.25, 0.3) is 0 Å². The van der Waals surface area contributed by atoms with E-state index in [9.17, 15) is 19.2 Å². The molecule has 17 heavy (non-hydrogen) atoms. The van der Waals surface area contributed by atoms with Crippen molar-refractivity contribution in [2.24, 2.45) is 5.18 Å². The molecule has 0 atom stereocenters. The van der Waals surface area contributed by atoms with E-state index >= 15 is 0 Å². The number of carbonyl (C=O) groups is 1. The van der Waals surface area contributed by atoms with Gasteiger partial charge >= 0.3 is 5.97 Å². The van der Waals surface area contributed by atoms with Crippen LogP contribution in [0.5, 0.6) is 0 Å². The first-order chi connectivity index (χ1) is 8.11. The van der Waals surface area contributed by atoms with Gasteiger partial charge in [-0.05, 0) is 24.2 Å². The molecule has 0 aliphatic rings. The van der Waals surface area contributed by atoms with E-state index in [1.54, 1.807) is 0 Å². The number of nitrogens with zero attached hydrogens (tertiary/aromatic N) is 1. The molecule has 0 bridgehead atoms. The van der Waals surface area contributed by atoms with Crippen LogP contribution < -0.4 is 0 Å². The maximum Gasteiger partial charge on any atom is 0.364 e. The number of benzene rings is 1. The predicted octanol–water partition coefficient (Wildman–Crippen LogP) is 2.38. The monoisotopic (exact) mass is 239 g/mol. The van der Waals surface area contributed by atoms with Gasteiger partial charge in [0.15, 0.2) is 5.76 Å². The van der Waals surface area contributed by atoms with E-state index in [2.05, 4.69) is 9.91 Å². The first-order valence-corrected chi connectivity index (χ1v) is 4.80. The zero-order chi connectivity index (χ0) is 12.8. The first kappa shape index (κ1) is 12.8. The summed E-state index contributed by atoms with van der Waals surface area (Å²) in [5, 5.41) is 12.0. The number of rotatable bonds is 4. The highest BCUT2D eigenvalue weighted by Gasteiger charge is 2.20. The van der Waals surface area contributed by atoms with E-state index in [-0.39, 0.29) is 12.2 Å². The number of aliphatic hydroxyl groups is 1. The van der Waals surface area contributed by atoms with Crippen LogP contribution in [0.2, 0.25) is 0 Å². The molecule has 0 saturated carbocycles. The van der Waals surface area contributed by atoms with Gasteiger partial charge in [-0.1, -0.05) is 12.1 Å². The molecule has 0 radical (unpaired) electrons. The predicted molar refractivity (Wildman–Crippen MR) is 58.4 cm³/mol. The van der Waals surface area contributed by atoms with Crippen molar-refractivity contribution in [3.05, 3.63) is 46.3 Å². The van der Waals surface area contributed by atoms with Crippen molar-refractivity contribution in [2.45, 2.75) is 6.92 Å². The lowest BCUT2D eigenvalue weighted by atomic mass is 10.1.